The van der Waals surface area contributed by atoms with Gasteiger partial charge in [0.05, 0.1) is 25.7 Å². The number of hydrogen-bond donors (Lipinski definition) is 0. The molecule has 4 nitrogen and oxygen atoms in total. The Labute approximate surface area is 236 Å². The summed E-state index contributed by atoms with van der Waals surface area (Å²) >= 11 is 26.5. The fourth-order valence-electron chi connectivity index (χ4n) is 5.70. The molecular weight excluding hydrogens is 550 g/mol. The van der Waals surface area contributed by atoms with Crippen molar-refractivity contribution in [2.75, 3.05) is 18.0 Å². The molecule has 4 aromatic rings. The molecule has 2 heterocycles. The predicted octanol–water partition coefficient (Wildman–Crippen LogP) is 8.89. The first kappa shape index (κ1) is 26.2. The minimum atomic E-state index is -1.38. The van der Waals surface area contributed by atoms with Gasteiger partial charge in [-0.05, 0) is 45.9 Å². The van der Waals surface area contributed by atoms with Gasteiger partial charge < -0.3 is 14.2 Å². The van der Waals surface area contributed by atoms with E-state index in [-0.39, 0.29) is 25.7 Å². The molecule has 1 aliphatic rings. The predicted molar refractivity (Wildman–Crippen MR) is 154 cm³/mol. The highest BCUT2D eigenvalue weighted by Gasteiger charge is 2.54. The van der Waals surface area contributed by atoms with Gasteiger partial charge >= 0.3 is 5.97 Å². The zero-order chi connectivity index (χ0) is 26.6. The Bertz CT molecular complexity index is 1540. The molecule has 0 fully saturated rings. The van der Waals surface area contributed by atoms with Crippen LogP contribution in [0.5, 0.6) is 0 Å². The van der Waals surface area contributed by atoms with Gasteiger partial charge in [-0.25, -0.2) is 4.79 Å². The summed E-state index contributed by atoms with van der Waals surface area (Å²) in [5.74, 6) is -0.596. The summed E-state index contributed by atoms with van der Waals surface area (Å²) in [7, 11) is 0. The van der Waals surface area contributed by atoms with E-state index in [9.17, 15) is 4.79 Å². The Morgan fingerprint density at radius 1 is 0.838 bits per heavy atom. The summed E-state index contributed by atoms with van der Waals surface area (Å²) in [6.45, 7) is 10.8. The third-order valence-corrected chi connectivity index (χ3v) is 9.17. The number of rotatable bonds is 6. The average molecular weight is 576 g/mol. The van der Waals surface area contributed by atoms with Gasteiger partial charge in [0.1, 0.15) is 0 Å². The summed E-state index contributed by atoms with van der Waals surface area (Å²) in [4.78, 5) is 15.8. The van der Waals surface area contributed by atoms with Gasteiger partial charge in [-0.3, -0.25) is 0 Å². The molecule has 3 aromatic carbocycles. The number of aryl methyl sites for hydroxylation is 1. The maximum absolute atomic E-state index is 13.6. The fourth-order valence-corrected chi connectivity index (χ4v) is 6.76. The molecule has 0 radical (unpaired) electrons. The van der Waals surface area contributed by atoms with Crippen LogP contribution in [0.3, 0.4) is 0 Å². The second-order valence-corrected chi connectivity index (χ2v) is 10.5. The molecule has 1 aliphatic heterocycles. The molecule has 1 unspecified atom stereocenters. The lowest BCUT2D eigenvalue weighted by Gasteiger charge is -2.32. The minimum absolute atomic E-state index is 0.0319. The molecule has 1 aromatic heterocycles. The Hall–Kier alpha value is -2.37. The largest absolute Gasteiger partial charge is 0.440 e. The maximum atomic E-state index is 13.6. The number of cyclic esters (lactones) is 1. The Morgan fingerprint density at radius 2 is 1.46 bits per heavy atom. The average Bonchev–Trinajstić information content (AvgIpc) is 3.38. The molecule has 5 rings (SSSR count). The summed E-state index contributed by atoms with van der Waals surface area (Å²) in [5, 5.41) is 1.26. The van der Waals surface area contributed by atoms with E-state index in [1.807, 2.05) is 49.4 Å². The lowest BCUT2D eigenvalue weighted by atomic mass is 9.78. The minimum Gasteiger partial charge on any atom is -0.440 e. The standard InChI is InChI=1S/C29H26Cl4N2O2/c1-5-34(6-2)18-14-12-17(13-15-18)29(22-16(4)35(7-3)20-11-9-8-10-19(20)22)23-21(28(36)37-29)24(30)26(32)27(33)25(23)31/h8-15H,5-7H2,1-4H3. The number of carbonyl (C=O) groups excluding carboxylic acids is 1. The number of para-hydroxylation sites is 1. The van der Waals surface area contributed by atoms with Gasteiger partial charge in [0, 0.05) is 58.6 Å². The maximum Gasteiger partial charge on any atom is 0.341 e. The van der Waals surface area contributed by atoms with Crippen LogP contribution >= 0.6 is 46.4 Å². The van der Waals surface area contributed by atoms with Crippen molar-refractivity contribution in [2.45, 2.75) is 39.8 Å². The number of aromatic nitrogens is 1. The molecule has 0 bridgehead atoms. The molecule has 1 atom stereocenters. The second kappa shape index (κ2) is 9.74. The first-order valence-corrected chi connectivity index (χ1v) is 13.8. The number of fused-ring (bicyclic) bond motifs is 2. The number of carbonyl (C=O) groups is 1. The fraction of sp³-hybridized carbons (Fsp3) is 0.276. The van der Waals surface area contributed by atoms with Crippen LogP contribution in [0.1, 0.15) is 53.5 Å². The van der Waals surface area contributed by atoms with E-state index in [0.717, 1.165) is 53.0 Å². The molecule has 0 N–H and O–H groups in total. The van der Waals surface area contributed by atoms with Crippen molar-refractivity contribution in [1.29, 1.82) is 0 Å². The first-order valence-electron chi connectivity index (χ1n) is 12.3. The van der Waals surface area contributed by atoms with Crippen molar-refractivity contribution in [3.63, 3.8) is 0 Å². The molecule has 0 amide bonds. The Balaban J connectivity index is 1.94. The number of halogens is 4. The van der Waals surface area contributed by atoms with Gasteiger partial charge in [0.25, 0.3) is 0 Å². The number of esters is 1. The van der Waals surface area contributed by atoms with Crippen molar-refractivity contribution in [1.82, 2.24) is 4.57 Å². The zero-order valence-corrected chi connectivity index (χ0v) is 24.0. The summed E-state index contributed by atoms with van der Waals surface area (Å²) < 4.78 is 8.61. The highest BCUT2D eigenvalue weighted by molar-refractivity contribution is 6.53. The number of ether oxygens (including phenoxy) is 1. The van der Waals surface area contributed by atoms with Crippen molar-refractivity contribution in [2.24, 2.45) is 0 Å². The van der Waals surface area contributed by atoms with E-state index in [1.54, 1.807) is 0 Å². The van der Waals surface area contributed by atoms with Crippen LogP contribution in [0.4, 0.5) is 5.69 Å². The van der Waals surface area contributed by atoms with E-state index in [4.69, 9.17) is 51.1 Å². The second-order valence-electron chi connectivity index (χ2n) is 9.02. The van der Waals surface area contributed by atoms with E-state index < -0.39 is 11.6 Å². The van der Waals surface area contributed by atoms with Crippen LogP contribution in [0.15, 0.2) is 48.5 Å². The molecule has 8 heteroatoms. The Kier molecular flexibility index (Phi) is 6.91. The van der Waals surface area contributed by atoms with Crippen LogP contribution in [0.25, 0.3) is 10.9 Å². The van der Waals surface area contributed by atoms with Gasteiger partial charge in [-0.15, -0.1) is 0 Å². The van der Waals surface area contributed by atoms with Crippen LogP contribution in [0, 0.1) is 6.92 Å². The van der Waals surface area contributed by atoms with Crippen LogP contribution < -0.4 is 4.90 Å². The lowest BCUT2D eigenvalue weighted by molar-refractivity contribution is 0.0254. The Morgan fingerprint density at radius 3 is 2.08 bits per heavy atom. The van der Waals surface area contributed by atoms with Crippen molar-refractivity contribution in [3.05, 3.63) is 96.6 Å². The van der Waals surface area contributed by atoms with Crippen molar-refractivity contribution >= 4 is 69.0 Å². The van der Waals surface area contributed by atoms with Gasteiger partial charge in [0.15, 0.2) is 5.60 Å². The van der Waals surface area contributed by atoms with E-state index in [1.165, 1.54) is 0 Å². The van der Waals surface area contributed by atoms with Crippen molar-refractivity contribution in [3.8, 4) is 0 Å². The van der Waals surface area contributed by atoms with Crippen molar-refractivity contribution < 1.29 is 9.53 Å². The SMILES string of the molecule is CCN(CC)c1ccc(C2(c3c(C)n(CC)c4ccccc34)OC(=O)c3c(Cl)c(Cl)c(Cl)c(Cl)c32)cc1. The van der Waals surface area contributed by atoms with Crippen LogP contribution in [0.2, 0.25) is 20.1 Å². The topological polar surface area (TPSA) is 34.5 Å². The molecule has 0 saturated carbocycles. The van der Waals surface area contributed by atoms with Crippen LogP contribution in [-0.4, -0.2) is 23.6 Å². The van der Waals surface area contributed by atoms with Crippen LogP contribution in [-0.2, 0) is 16.9 Å². The molecule has 0 saturated heterocycles. The van der Waals surface area contributed by atoms with Gasteiger partial charge in [0.2, 0.25) is 0 Å². The van der Waals surface area contributed by atoms with E-state index in [0.29, 0.717) is 5.56 Å². The molecule has 0 spiro atoms. The van der Waals surface area contributed by atoms with Gasteiger partial charge in [-0.1, -0.05) is 76.7 Å². The number of nitrogens with zero attached hydrogens (tertiary/aromatic N) is 2. The quantitative estimate of drug-likeness (QED) is 0.131. The molecular formula is C29H26Cl4N2O2. The summed E-state index contributed by atoms with van der Waals surface area (Å²) in [5.41, 5.74) is 3.79. The summed E-state index contributed by atoms with van der Waals surface area (Å²) in [6, 6.07) is 16.1. The van der Waals surface area contributed by atoms with E-state index >= 15 is 0 Å². The molecule has 192 valence electrons. The lowest BCUT2D eigenvalue weighted by Crippen LogP contribution is -2.31. The zero-order valence-electron chi connectivity index (χ0n) is 21.0. The molecule has 37 heavy (non-hydrogen) atoms. The highest BCUT2D eigenvalue weighted by atomic mass is 35.5. The van der Waals surface area contributed by atoms with Gasteiger partial charge in [-0.2, -0.15) is 0 Å². The number of benzene rings is 3. The van der Waals surface area contributed by atoms with E-state index in [2.05, 4.69) is 36.3 Å². The number of hydrogen-bond acceptors (Lipinski definition) is 3. The smallest absolute Gasteiger partial charge is 0.341 e. The normalized spacial score (nSPS) is 16.8. The monoisotopic (exact) mass is 574 g/mol. The third-order valence-electron chi connectivity index (χ3n) is 7.37. The number of anilines is 1. The third kappa shape index (κ3) is 3.68. The molecule has 0 aliphatic carbocycles. The first-order chi connectivity index (χ1) is 17.7. The highest BCUT2D eigenvalue weighted by Crippen LogP contribution is 2.57. The summed E-state index contributed by atoms with van der Waals surface area (Å²) in [6.07, 6.45) is 0.